The summed E-state index contributed by atoms with van der Waals surface area (Å²) in [6.07, 6.45) is 0. The molecule has 0 saturated heterocycles. The maximum atomic E-state index is 5.72. The van der Waals surface area contributed by atoms with Crippen LogP contribution < -0.4 is 5.06 Å². The van der Waals surface area contributed by atoms with Crippen LogP contribution in [0.2, 0.25) is 0 Å². The number of anilines is 1. The minimum atomic E-state index is 0.536. The SMILES string of the molecule is c1ccc(C2=NCN(c3ccccc3)O2)cc1. The van der Waals surface area contributed by atoms with E-state index < -0.39 is 0 Å². The molecule has 0 bridgehead atoms. The van der Waals surface area contributed by atoms with Crippen molar-refractivity contribution in [3.63, 3.8) is 0 Å². The van der Waals surface area contributed by atoms with Crippen molar-refractivity contribution >= 4 is 11.6 Å². The van der Waals surface area contributed by atoms with E-state index in [1.54, 1.807) is 5.06 Å². The monoisotopic (exact) mass is 224 g/mol. The van der Waals surface area contributed by atoms with Gasteiger partial charge in [-0.25, -0.2) is 4.99 Å². The molecule has 3 rings (SSSR count). The molecule has 17 heavy (non-hydrogen) atoms. The first kappa shape index (κ1) is 9.90. The number of hydroxylamine groups is 1. The molecule has 1 heterocycles. The molecule has 2 aromatic carbocycles. The quantitative estimate of drug-likeness (QED) is 0.783. The van der Waals surface area contributed by atoms with Crippen LogP contribution in [0.4, 0.5) is 5.69 Å². The molecule has 0 aliphatic carbocycles. The van der Waals surface area contributed by atoms with E-state index in [0.717, 1.165) is 11.3 Å². The minimum Gasteiger partial charge on any atom is -0.357 e. The van der Waals surface area contributed by atoms with Crippen molar-refractivity contribution in [1.29, 1.82) is 0 Å². The predicted molar refractivity (Wildman–Crippen MR) is 67.9 cm³/mol. The summed E-state index contributed by atoms with van der Waals surface area (Å²) in [4.78, 5) is 10.1. The van der Waals surface area contributed by atoms with Crippen LogP contribution in [0.5, 0.6) is 0 Å². The van der Waals surface area contributed by atoms with Gasteiger partial charge < -0.3 is 4.84 Å². The Labute approximate surface area is 99.9 Å². The van der Waals surface area contributed by atoms with Crippen LogP contribution in [-0.4, -0.2) is 12.6 Å². The Morgan fingerprint density at radius 1 is 0.882 bits per heavy atom. The van der Waals surface area contributed by atoms with Crippen molar-refractivity contribution < 1.29 is 4.84 Å². The zero-order valence-corrected chi connectivity index (χ0v) is 9.28. The molecule has 0 fully saturated rings. The van der Waals surface area contributed by atoms with Crippen LogP contribution in [0.15, 0.2) is 65.7 Å². The third-order valence-corrected chi connectivity index (χ3v) is 2.60. The fourth-order valence-electron chi connectivity index (χ4n) is 1.74. The molecule has 1 aliphatic rings. The van der Waals surface area contributed by atoms with Crippen molar-refractivity contribution in [3.05, 3.63) is 66.2 Å². The third-order valence-electron chi connectivity index (χ3n) is 2.60. The molecule has 0 unspecified atom stereocenters. The number of benzene rings is 2. The van der Waals surface area contributed by atoms with Gasteiger partial charge in [0, 0.05) is 5.56 Å². The van der Waals surface area contributed by atoms with Gasteiger partial charge in [0.25, 0.3) is 5.90 Å². The molecular formula is C14H12N2O. The molecule has 0 radical (unpaired) electrons. The standard InChI is InChI=1S/C14H12N2O/c1-3-7-12(8-4-1)14-15-11-16(17-14)13-9-5-2-6-10-13/h1-10H,11H2. The van der Waals surface area contributed by atoms with Gasteiger partial charge in [0.05, 0.1) is 5.69 Å². The summed E-state index contributed by atoms with van der Waals surface area (Å²) in [6, 6.07) is 19.9. The Morgan fingerprint density at radius 3 is 2.24 bits per heavy atom. The molecule has 3 nitrogen and oxygen atoms in total. The molecule has 0 spiro atoms. The Morgan fingerprint density at radius 2 is 1.53 bits per heavy atom. The molecule has 84 valence electrons. The maximum Gasteiger partial charge on any atom is 0.250 e. The van der Waals surface area contributed by atoms with Crippen molar-refractivity contribution in [2.45, 2.75) is 0 Å². The van der Waals surface area contributed by atoms with E-state index >= 15 is 0 Å². The summed E-state index contributed by atoms with van der Waals surface area (Å²) >= 11 is 0. The van der Waals surface area contributed by atoms with E-state index in [1.165, 1.54) is 0 Å². The highest BCUT2D eigenvalue weighted by molar-refractivity contribution is 5.95. The summed E-state index contributed by atoms with van der Waals surface area (Å²) in [5.74, 6) is 0.675. The first-order valence-electron chi connectivity index (χ1n) is 5.54. The highest BCUT2D eigenvalue weighted by Crippen LogP contribution is 2.19. The molecule has 0 amide bonds. The second kappa shape index (κ2) is 4.29. The topological polar surface area (TPSA) is 24.8 Å². The Hall–Kier alpha value is -2.29. The lowest BCUT2D eigenvalue weighted by atomic mass is 10.2. The van der Waals surface area contributed by atoms with Gasteiger partial charge in [-0.3, -0.25) is 0 Å². The fourth-order valence-corrected chi connectivity index (χ4v) is 1.74. The van der Waals surface area contributed by atoms with Gasteiger partial charge in [-0.15, -0.1) is 0 Å². The number of aliphatic imine (C=N–C) groups is 1. The molecule has 0 aromatic heterocycles. The molecular weight excluding hydrogens is 212 g/mol. The second-order valence-electron chi connectivity index (χ2n) is 3.78. The van der Waals surface area contributed by atoms with Gasteiger partial charge in [0.2, 0.25) is 0 Å². The largest absolute Gasteiger partial charge is 0.357 e. The number of para-hydroxylation sites is 1. The van der Waals surface area contributed by atoms with Crippen molar-refractivity contribution in [1.82, 2.24) is 0 Å². The van der Waals surface area contributed by atoms with Crippen LogP contribution in [0, 0.1) is 0 Å². The number of hydrogen-bond acceptors (Lipinski definition) is 3. The predicted octanol–water partition coefficient (Wildman–Crippen LogP) is 2.84. The van der Waals surface area contributed by atoms with Gasteiger partial charge in [-0.1, -0.05) is 36.4 Å². The molecule has 2 aromatic rings. The zero-order chi connectivity index (χ0) is 11.5. The fraction of sp³-hybridized carbons (Fsp3) is 0.0714. The number of hydrogen-bond donors (Lipinski definition) is 0. The van der Waals surface area contributed by atoms with E-state index in [2.05, 4.69) is 4.99 Å². The lowest BCUT2D eigenvalue weighted by Gasteiger charge is -2.15. The van der Waals surface area contributed by atoms with Crippen molar-refractivity contribution in [2.24, 2.45) is 4.99 Å². The maximum absolute atomic E-state index is 5.72. The van der Waals surface area contributed by atoms with Crippen LogP contribution in [-0.2, 0) is 4.84 Å². The van der Waals surface area contributed by atoms with Crippen LogP contribution in [0.25, 0.3) is 0 Å². The zero-order valence-electron chi connectivity index (χ0n) is 9.28. The van der Waals surface area contributed by atoms with Gasteiger partial charge in [0.15, 0.2) is 0 Å². The summed E-state index contributed by atoms with van der Waals surface area (Å²) < 4.78 is 0. The van der Waals surface area contributed by atoms with Gasteiger partial charge >= 0.3 is 0 Å². The molecule has 0 atom stereocenters. The smallest absolute Gasteiger partial charge is 0.250 e. The Kier molecular flexibility index (Phi) is 2.50. The van der Waals surface area contributed by atoms with Crippen molar-refractivity contribution in [2.75, 3.05) is 11.7 Å². The Balaban J connectivity index is 1.78. The lowest BCUT2D eigenvalue weighted by molar-refractivity contribution is 0.300. The highest BCUT2D eigenvalue weighted by Gasteiger charge is 2.18. The van der Waals surface area contributed by atoms with E-state index in [0.29, 0.717) is 12.6 Å². The van der Waals surface area contributed by atoms with Crippen molar-refractivity contribution in [3.8, 4) is 0 Å². The summed E-state index contributed by atoms with van der Waals surface area (Å²) in [5, 5.41) is 1.78. The first-order valence-corrected chi connectivity index (χ1v) is 5.54. The average molecular weight is 224 g/mol. The van der Waals surface area contributed by atoms with E-state index in [9.17, 15) is 0 Å². The van der Waals surface area contributed by atoms with E-state index in [4.69, 9.17) is 4.84 Å². The van der Waals surface area contributed by atoms with Crippen LogP contribution in [0.3, 0.4) is 0 Å². The van der Waals surface area contributed by atoms with Gasteiger partial charge in [0.1, 0.15) is 6.67 Å². The molecule has 0 saturated carbocycles. The molecule has 3 heteroatoms. The Bertz CT molecular complexity index is 522. The highest BCUT2D eigenvalue weighted by atomic mass is 16.7. The summed E-state index contributed by atoms with van der Waals surface area (Å²) in [7, 11) is 0. The van der Waals surface area contributed by atoms with Crippen LogP contribution >= 0.6 is 0 Å². The minimum absolute atomic E-state index is 0.536. The van der Waals surface area contributed by atoms with Gasteiger partial charge in [-0.2, -0.15) is 5.06 Å². The van der Waals surface area contributed by atoms with Crippen LogP contribution in [0.1, 0.15) is 5.56 Å². The van der Waals surface area contributed by atoms with E-state index in [-0.39, 0.29) is 0 Å². The number of nitrogens with zero attached hydrogens (tertiary/aromatic N) is 2. The van der Waals surface area contributed by atoms with Gasteiger partial charge in [-0.05, 0) is 24.3 Å². The molecule has 0 N–H and O–H groups in total. The first-order chi connectivity index (χ1) is 8.43. The summed E-state index contributed by atoms with van der Waals surface area (Å²) in [6.45, 7) is 0.536. The normalized spacial score (nSPS) is 14.4. The average Bonchev–Trinajstić information content (AvgIpc) is 2.90. The summed E-state index contributed by atoms with van der Waals surface area (Å²) in [5.41, 5.74) is 2.02. The molecule has 1 aliphatic heterocycles. The number of rotatable bonds is 2. The third kappa shape index (κ3) is 1.99. The van der Waals surface area contributed by atoms with E-state index in [1.807, 2.05) is 60.7 Å². The second-order valence-corrected chi connectivity index (χ2v) is 3.78. The lowest BCUT2D eigenvalue weighted by Crippen LogP contribution is -2.19.